The summed E-state index contributed by atoms with van der Waals surface area (Å²) in [4.78, 5) is 13.8. The van der Waals surface area contributed by atoms with Crippen molar-refractivity contribution in [1.29, 1.82) is 5.26 Å². The molecule has 0 unspecified atom stereocenters. The first-order valence-corrected chi connectivity index (χ1v) is 6.56. The van der Waals surface area contributed by atoms with Crippen LogP contribution in [0, 0.1) is 11.3 Å². The Balaban J connectivity index is 2.61. The quantitative estimate of drug-likeness (QED) is 0.849. The van der Waals surface area contributed by atoms with Gasteiger partial charge in [-0.1, -0.05) is 19.1 Å². The average molecular weight is 259 g/mol. The van der Waals surface area contributed by atoms with Crippen molar-refractivity contribution in [1.82, 2.24) is 10.2 Å². The SMILES string of the molecule is CCN(CC(=O)NC(C)C)Cc1cccc(C#N)c1. The zero-order valence-corrected chi connectivity index (χ0v) is 11.8. The van der Waals surface area contributed by atoms with Gasteiger partial charge in [0, 0.05) is 12.6 Å². The molecule has 4 heteroatoms. The Labute approximate surface area is 115 Å². The highest BCUT2D eigenvalue weighted by molar-refractivity contribution is 5.78. The number of nitrogens with zero attached hydrogens (tertiary/aromatic N) is 2. The number of benzene rings is 1. The third-order valence-corrected chi connectivity index (χ3v) is 2.73. The van der Waals surface area contributed by atoms with Crippen molar-refractivity contribution in [3.8, 4) is 6.07 Å². The predicted molar refractivity (Wildman–Crippen MR) is 75.4 cm³/mol. The molecule has 0 heterocycles. The molecule has 19 heavy (non-hydrogen) atoms. The fraction of sp³-hybridized carbons (Fsp3) is 0.467. The van der Waals surface area contributed by atoms with Gasteiger partial charge in [-0.3, -0.25) is 9.69 Å². The highest BCUT2D eigenvalue weighted by atomic mass is 16.2. The lowest BCUT2D eigenvalue weighted by Crippen LogP contribution is -2.39. The fourth-order valence-electron chi connectivity index (χ4n) is 1.85. The van der Waals surface area contributed by atoms with Crippen molar-refractivity contribution < 1.29 is 4.79 Å². The summed E-state index contributed by atoms with van der Waals surface area (Å²) in [6, 6.07) is 9.78. The molecular formula is C15H21N3O. The molecule has 102 valence electrons. The molecule has 0 aliphatic heterocycles. The van der Waals surface area contributed by atoms with Crippen molar-refractivity contribution in [2.24, 2.45) is 0 Å². The Morgan fingerprint density at radius 1 is 1.47 bits per heavy atom. The Kier molecular flexibility index (Phi) is 6.04. The summed E-state index contributed by atoms with van der Waals surface area (Å²) in [5.74, 6) is 0.0355. The van der Waals surface area contributed by atoms with Gasteiger partial charge in [0.1, 0.15) is 0 Å². The molecule has 1 N–H and O–H groups in total. The minimum atomic E-state index is 0.0355. The van der Waals surface area contributed by atoms with E-state index >= 15 is 0 Å². The molecule has 0 aliphatic carbocycles. The van der Waals surface area contributed by atoms with Crippen LogP contribution in [-0.4, -0.2) is 29.9 Å². The number of hydrogen-bond donors (Lipinski definition) is 1. The second-order valence-electron chi connectivity index (χ2n) is 4.84. The van der Waals surface area contributed by atoms with Gasteiger partial charge in [0.2, 0.25) is 5.91 Å². The topological polar surface area (TPSA) is 56.1 Å². The highest BCUT2D eigenvalue weighted by Crippen LogP contribution is 2.07. The second kappa shape index (κ2) is 7.55. The third-order valence-electron chi connectivity index (χ3n) is 2.73. The van der Waals surface area contributed by atoms with Gasteiger partial charge >= 0.3 is 0 Å². The van der Waals surface area contributed by atoms with Crippen LogP contribution in [0.1, 0.15) is 31.9 Å². The summed E-state index contributed by atoms with van der Waals surface area (Å²) < 4.78 is 0. The van der Waals surface area contributed by atoms with E-state index in [1.807, 2.05) is 43.9 Å². The zero-order chi connectivity index (χ0) is 14.3. The van der Waals surface area contributed by atoms with E-state index in [1.165, 1.54) is 0 Å². The first-order valence-electron chi connectivity index (χ1n) is 6.56. The van der Waals surface area contributed by atoms with Crippen LogP contribution in [0.25, 0.3) is 0 Å². The molecule has 1 rings (SSSR count). The maximum atomic E-state index is 11.7. The molecule has 0 aliphatic rings. The molecule has 0 aromatic heterocycles. The molecule has 0 fully saturated rings. The Morgan fingerprint density at radius 2 is 2.21 bits per heavy atom. The molecule has 1 amide bonds. The lowest BCUT2D eigenvalue weighted by molar-refractivity contribution is -0.122. The second-order valence-corrected chi connectivity index (χ2v) is 4.84. The molecule has 0 radical (unpaired) electrons. The van der Waals surface area contributed by atoms with E-state index < -0.39 is 0 Å². The van der Waals surface area contributed by atoms with Gasteiger partial charge < -0.3 is 5.32 Å². The van der Waals surface area contributed by atoms with E-state index in [2.05, 4.69) is 11.4 Å². The fourth-order valence-corrected chi connectivity index (χ4v) is 1.85. The van der Waals surface area contributed by atoms with E-state index in [0.717, 1.165) is 12.1 Å². The number of nitriles is 1. The van der Waals surface area contributed by atoms with Crippen LogP contribution in [0.2, 0.25) is 0 Å². The first kappa shape index (κ1) is 15.2. The first-order chi connectivity index (χ1) is 9.05. The number of carbonyl (C=O) groups is 1. The zero-order valence-electron chi connectivity index (χ0n) is 11.8. The molecule has 0 spiro atoms. The number of carbonyl (C=O) groups excluding carboxylic acids is 1. The van der Waals surface area contributed by atoms with Gasteiger partial charge in [-0.25, -0.2) is 0 Å². The Hall–Kier alpha value is -1.86. The normalized spacial score (nSPS) is 10.5. The summed E-state index contributed by atoms with van der Waals surface area (Å²) in [5.41, 5.74) is 1.71. The van der Waals surface area contributed by atoms with Gasteiger partial charge in [0.05, 0.1) is 18.2 Å². The standard InChI is InChI=1S/C15H21N3O/c1-4-18(11-15(19)17-12(2)3)10-14-7-5-6-13(8-14)9-16/h5-8,12H,4,10-11H2,1-3H3,(H,17,19). The molecule has 0 bridgehead atoms. The largest absolute Gasteiger partial charge is 0.353 e. The van der Waals surface area contributed by atoms with Gasteiger partial charge in [-0.2, -0.15) is 5.26 Å². The summed E-state index contributed by atoms with van der Waals surface area (Å²) in [6.07, 6.45) is 0. The predicted octanol–water partition coefficient (Wildman–Crippen LogP) is 1.90. The van der Waals surface area contributed by atoms with Crippen LogP contribution in [0.3, 0.4) is 0 Å². The molecule has 1 aromatic carbocycles. The van der Waals surface area contributed by atoms with E-state index in [4.69, 9.17) is 5.26 Å². The molecular weight excluding hydrogens is 238 g/mol. The molecule has 4 nitrogen and oxygen atoms in total. The van der Waals surface area contributed by atoms with E-state index in [0.29, 0.717) is 18.7 Å². The van der Waals surface area contributed by atoms with Crippen molar-refractivity contribution >= 4 is 5.91 Å². The minimum Gasteiger partial charge on any atom is -0.353 e. The van der Waals surface area contributed by atoms with Crippen molar-refractivity contribution in [2.75, 3.05) is 13.1 Å². The van der Waals surface area contributed by atoms with Crippen LogP contribution >= 0.6 is 0 Å². The van der Waals surface area contributed by atoms with Gasteiger partial charge in [0.25, 0.3) is 0 Å². The van der Waals surface area contributed by atoms with Crippen molar-refractivity contribution in [3.63, 3.8) is 0 Å². The summed E-state index contributed by atoms with van der Waals surface area (Å²) in [6.45, 7) is 7.78. The maximum absolute atomic E-state index is 11.7. The van der Waals surface area contributed by atoms with E-state index in [9.17, 15) is 4.79 Å². The number of amides is 1. The van der Waals surface area contributed by atoms with Crippen LogP contribution in [0.5, 0.6) is 0 Å². The number of likely N-dealkylation sites (N-methyl/N-ethyl adjacent to an activating group) is 1. The van der Waals surface area contributed by atoms with Gasteiger partial charge in [-0.05, 0) is 38.1 Å². The average Bonchev–Trinajstić information content (AvgIpc) is 2.37. The van der Waals surface area contributed by atoms with Crippen molar-refractivity contribution in [3.05, 3.63) is 35.4 Å². The van der Waals surface area contributed by atoms with Crippen LogP contribution < -0.4 is 5.32 Å². The Morgan fingerprint density at radius 3 is 2.79 bits per heavy atom. The van der Waals surface area contributed by atoms with Crippen LogP contribution in [0.4, 0.5) is 0 Å². The van der Waals surface area contributed by atoms with Crippen LogP contribution in [-0.2, 0) is 11.3 Å². The summed E-state index contributed by atoms with van der Waals surface area (Å²) in [5, 5.41) is 11.8. The monoisotopic (exact) mass is 259 g/mol. The number of hydrogen-bond acceptors (Lipinski definition) is 3. The van der Waals surface area contributed by atoms with Gasteiger partial charge in [0.15, 0.2) is 0 Å². The van der Waals surface area contributed by atoms with E-state index in [1.54, 1.807) is 6.07 Å². The van der Waals surface area contributed by atoms with E-state index in [-0.39, 0.29) is 11.9 Å². The smallest absolute Gasteiger partial charge is 0.234 e. The molecule has 0 atom stereocenters. The Bertz CT molecular complexity index is 463. The van der Waals surface area contributed by atoms with Crippen molar-refractivity contribution in [2.45, 2.75) is 33.4 Å². The lowest BCUT2D eigenvalue weighted by Gasteiger charge is -2.20. The number of nitrogens with one attached hydrogen (secondary N) is 1. The third kappa shape index (κ3) is 5.54. The maximum Gasteiger partial charge on any atom is 0.234 e. The molecule has 1 aromatic rings. The highest BCUT2D eigenvalue weighted by Gasteiger charge is 2.10. The van der Waals surface area contributed by atoms with Crippen LogP contribution in [0.15, 0.2) is 24.3 Å². The number of rotatable bonds is 6. The van der Waals surface area contributed by atoms with Gasteiger partial charge in [-0.15, -0.1) is 0 Å². The molecule has 0 saturated heterocycles. The summed E-state index contributed by atoms with van der Waals surface area (Å²) >= 11 is 0. The summed E-state index contributed by atoms with van der Waals surface area (Å²) in [7, 11) is 0. The molecule has 0 saturated carbocycles. The lowest BCUT2D eigenvalue weighted by atomic mass is 10.1. The minimum absolute atomic E-state index is 0.0355.